The van der Waals surface area contributed by atoms with Crippen LogP contribution in [-0.2, 0) is 0 Å². The molecule has 0 unspecified atom stereocenters. The maximum atomic E-state index is 12.8. The molecular formula is C24H22ClN5O3S. The van der Waals surface area contributed by atoms with Crippen LogP contribution in [0.2, 0.25) is 5.02 Å². The van der Waals surface area contributed by atoms with Gasteiger partial charge < -0.3 is 14.8 Å². The van der Waals surface area contributed by atoms with Gasteiger partial charge in [-0.2, -0.15) is 4.80 Å². The third-order valence-corrected chi connectivity index (χ3v) is 5.21. The van der Waals surface area contributed by atoms with Gasteiger partial charge in [0, 0.05) is 11.6 Å². The first-order valence-corrected chi connectivity index (χ1v) is 11.4. The zero-order chi connectivity index (χ0) is 24.1. The molecule has 0 bridgehead atoms. The Morgan fingerprint density at radius 2 is 1.59 bits per heavy atom. The fraction of sp³-hybridized carbons (Fsp3) is 0.167. The largest absolute Gasteiger partial charge is 0.494 e. The number of benzene rings is 3. The molecule has 2 N–H and O–H groups in total. The number of hydrogen-bond donors (Lipinski definition) is 2. The molecule has 0 aliphatic rings. The minimum Gasteiger partial charge on any atom is -0.494 e. The monoisotopic (exact) mass is 495 g/mol. The van der Waals surface area contributed by atoms with E-state index in [1.165, 1.54) is 4.80 Å². The molecule has 0 spiro atoms. The van der Waals surface area contributed by atoms with E-state index in [1.54, 1.807) is 30.3 Å². The predicted octanol–water partition coefficient (Wildman–Crippen LogP) is 5.00. The molecule has 0 aliphatic carbocycles. The van der Waals surface area contributed by atoms with Gasteiger partial charge in [-0.1, -0.05) is 29.8 Å². The summed E-state index contributed by atoms with van der Waals surface area (Å²) in [7, 11) is 0. The maximum Gasteiger partial charge on any atom is 0.257 e. The Labute approximate surface area is 206 Å². The van der Waals surface area contributed by atoms with E-state index in [1.807, 2.05) is 44.2 Å². The lowest BCUT2D eigenvalue weighted by molar-refractivity contribution is 0.0976. The first kappa shape index (κ1) is 23.5. The molecular weight excluding hydrogens is 474 g/mol. The molecule has 4 rings (SSSR count). The lowest BCUT2D eigenvalue weighted by Crippen LogP contribution is -2.34. The van der Waals surface area contributed by atoms with Crippen molar-refractivity contribution in [2.45, 2.75) is 13.8 Å². The zero-order valence-electron chi connectivity index (χ0n) is 18.5. The van der Waals surface area contributed by atoms with E-state index in [0.29, 0.717) is 52.0 Å². The van der Waals surface area contributed by atoms with E-state index in [9.17, 15) is 4.79 Å². The zero-order valence-corrected chi connectivity index (χ0v) is 20.1. The topological polar surface area (TPSA) is 90.3 Å². The summed E-state index contributed by atoms with van der Waals surface area (Å²) < 4.78 is 11.1. The first-order valence-electron chi connectivity index (χ1n) is 10.6. The van der Waals surface area contributed by atoms with Gasteiger partial charge >= 0.3 is 0 Å². The van der Waals surface area contributed by atoms with E-state index in [2.05, 4.69) is 20.8 Å². The summed E-state index contributed by atoms with van der Waals surface area (Å²) in [6.07, 6.45) is 0. The van der Waals surface area contributed by atoms with Crippen LogP contribution in [0.25, 0.3) is 16.7 Å². The summed E-state index contributed by atoms with van der Waals surface area (Å²) in [5, 5.41) is 15.1. The van der Waals surface area contributed by atoms with Crippen LogP contribution in [0.4, 0.5) is 5.69 Å². The van der Waals surface area contributed by atoms with Crippen molar-refractivity contribution in [2.75, 3.05) is 18.5 Å². The number of anilines is 1. The van der Waals surface area contributed by atoms with Crippen LogP contribution < -0.4 is 20.1 Å². The van der Waals surface area contributed by atoms with Crippen LogP contribution in [-0.4, -0.2) is 39.2 Å². The van der Waals surface area contributed by atoms with Crippen molar-refractivity contribution in [3.05, 3.63) is 71.2 Å². The quantitative estimate of drug-likeness (QED) is 0.349. The van der Waals surface area contributed by atoms with Crippen LogP contribution >= 0.6 is 23.8 Å². The van der Waals surface area contributed by atoms with Crippen molar-refractivity contribution < 1.29 is 14.3 Å². The summed E-state index contributed by atoms with van der Waals surface area (Å²) in [4.78, 5) is 14.3. The van der Waals surface area contributed by atoms with Crippen molar-refractivity contribution in [2.24, 2.45) is 0 Å². The van der Waals surface area contributed by atoms with Gasteiger partial charge in [-0.3, -0.25) is 10.1 Å². The number of carbonyl (C=O) groups excluding carboxylic acids is 1. The number of ether oxygens (including phenoxy) is 2. The third kappa shape index (κ3) is 5.44. The van der Waals surface area contributed by atoms with Gasteiger partial charge in [-0.15, -0.1) is 10.2 Å². The van der Waals surface area contributed by atoms with Gasteiger partial charge in [0.2, 0.25) is 0 Å². The lowest BCUT2D eigenvalue weighted by atomic mass is 10.2. The number of carbonyl (C=O) groups is 1. The van der Waals surface area contributed by atoms with Crippen LogP contribution in [0.3, 0.4) is 0 Å². The molecule has 34 heavy (non-hydrogen) atoms. The number of thiocarbonyl (C=S) groups is 1. The Balaban J connectivity index is 1.51. The second kappa shape index (κ2) is 10.5. The minimum absolute atomic E-state index is 0.0847. The summed E-state index contributed by atoms with van der Waals surface area (Å²) in [6.45, 7) is 4.66. The van der Waals surface area contributed by atoms with Gasteiger partial charge in [0.1, 0.15) is 22.5 Å². The number of nitrogens with zero attached hydrogens (tertiary/aromatic N) is 3. The molecule has 174 valence electrons. The molecule has 0 aliphatic heterocycles. The molecule has 0 radical (unpaired) electrons. The van der Waals surface area contributed by atoms with E-state index >= 15 is 0 Å². The number of nitrogens with one attached hydrogen (secondary N) is 2. The number of para-hydroxylation sites is 1. The Morgan fingerprint density at radius 1 is 0.971 bits per heavy atom. The normalized spacial score (nSPS) is 10.7. The van der Waals surface area contributed by atoms with Gasteiger partial charge in [0.25, 0.3) is 5.91 Å². The second-order valence-corrected chi connectivity index (χ2v) is 7.93. The molecule has 1 amide bonds. The Bertz CT molecular complexity index is 1320. The van der Waals surface area contributed by atoms with Gasteiger partial charge in [-0.25, -0.2) is 0 Å². The summed E-state index contributed by atoms with van der Waals surface area (Å²) >= 11 is 11.8. The van der Waals surface area contributed by atoms with Crippen molar-refractivity contribution in [1.82, 2.24) is 20.3 Å². The summed E-state index contributed by atoms with van der Waals surface area (Å²) in [5.41, 5.74) is 2.93. The molecule has 3 aromatic carbocycles. The summed E-state index contributed by atoms with van der Waals surface area (Å²) in [6, 6.07) is 18.0. The van der Waals surface area contributed by atoms with E-state index in [4.69, 9.17) is 33.3 Å². The molecule has 0 saturated carbocycles. The van der Waals surface area contributed by atoms with Crippen LogP contribution in [0, 0.1) is 0 Å². The molecule has 0 saturated heterocycles. The molecule has 0 atom stereocenters. The van der Waals surface area contributed by atoms with Gasteiger partial charge in [0.05, 0.1) is 29.6 Å². The number of fused-ring (bicyclic) bond motifs is 1. The Hall–Kier alpha value is -3.69. The number of rotatable bonds is 7. The van der Waals surface area contributed by atoms with Crippen molar-refractivity contribution >= 4 is 51.6 Å². The van der Waals surface area contributed by atoms with E-state index in [-0.39, 0.29) is 5.11 Å². The average molecular weight is 496 g/mol. The Kier molecular flexibility index (Phi) is 7.24. The smallest absolute Gasteiger partial charge is 0.257 e. The highest BCUT2D eigenvalue weighted by atomic mass is 35.5. The third-order valence-electron chi connectivity index (χ3n) is 4.70. The maximum absolute atomic E-state index is 12.8. The lowest BCUT2D eigenvalue weighted by Gasteiger charge is -2.13. The average Bonchev–Trinajstić information content (AvgIpc) is 3.23. The van der Waals surface area contributed by atoms with Gasteiger partial charge in [0.15, 0.2) is 5.11 Å². The molecule has 0 fully saturated rings. The molecule has 10 heteroatoms. The number of halogens is 1. The molecule has 8 nitrogen and oxygen atoms in total. The SMILES string of the molecule is CCOc1cc(OCC)cc(C(=O)NC(=S)Nc2cc3nn(-c4ccccc4)nc3cc2Cl)c1. The van der Waals surface area contributed by atoms with Crippen molar-refractivity contribution in [3.8, 4) is 17.2 Å². The molecule has 1 heterocycles. The first-order chi connectivity index (χ1) is 16.5. The van der Waals surface area contributed by atoms with Crippen molar-refractivity contribution in [1.29, 1.82) is 0 Å². The fourth-order valence-corrected chi connectivity index (χ4v) is 3.65. The molecule has 4 aromatic rings. The minimum atomic E-state index is -0.410. The van der Waals surface area contributed by atoms with Crippen LogP contribution in [0.5, 0.6) is 11.5 Å². The second-order valence-electron chi connectivity index (χ2n) is 7.11. The standard InChI is InChI=1S/C24H22ClN5O3S/c1-3-32-17-10-15(11-18(12-17)33-4-2)23(31)27-24(34)26-20-14-22-21(13-19(20)25)28-30(29-22)16-8-6-5-7-9-16/h5-14H,3-4H2,1-2H3,(H2,26,27,31,34). The number of hydrogen-bond acceptors (Lipinski definition) is 6. The highest BCUT2D eigenvalue weighted by molar-refractivity contribution is 7.80. The summed E-state index contributed by atoms with van der Waals surface area (Å²) in [5.74, 6) is 0.659. The van der Waals surface area contributed by atoms with Crippen molar-refractivity contribution in [3.63, 3.8) is 0 Å². The van der Waals surface area contributed by atoms with Gasteiger partial charge in [-0.05, 0) is 62.5 Å². The van der Waals surface area contributed by atoms with E-state index < -0.39 is 5.91 Å². The molecule has 1 aromatic heterocycles. The Morgan fingerprint density at radius 3 is 2.21 bits per heavy atom. The number of amides is 1. The fourth-order valence-electron chi connectivity index (χ4n) is 3.24. The van der Waals surface area contributed by atoms with E-state index in [0.717, 1.165) is 5.69 Å². The highest BCUT2D eigenvalue weighted by Crippen LogP contribution is 2.27. The number of aromatic nitrogens is 3. The predicted molar refractivity (Wildman–Crippen MR) is 136 cm³/mol. The van der Waals surface area contributed by atoms with Crippen LogP contribution in [0.1, 0.15) is 24.2 Å². The van der Waals surface area contributed by atoms with Crippen LogP contribution in [0.15, 0.2) is 60.7 Å². The highest BCUT2D eigenvalue weighted by Gasteiger charge is 2.14.